The maximum Gasteiger partial charge on any atom is 0.335 e. The summed E-state index contributed by atoms with van der Waals surface area (Å²) in [4.78, 5) is 23.3. The third-order valence-electron chi connectivity index (χ3n) is 3.65. The molecule has 0 spiro atoms. The number of aromatic carboxylic acids is 1. The lowest BCUT2D eigenvalue weighted by Gasteiger charge is -2.27. The lowest BCUT2D eigenvalue weighted by atomic mass is 9.94. The SMILES string of the molecule is Cc1cccc2c1OC(c1cccc(C(=O)O)c1)CC2=O. The lowest BCUT2D eigenvalue weighted by Crippen LogP contribution is -2.21. The number of para-hydroxylation sites is 1. The molecule has 0 radical (unpaired) electrons. The molecule has 1 heterocycles. The molecule has 1 unspecified atom stereocenters. The molecule has 0 amide bonds. The maximum atomic E-state index is 12.2. The summed E-state index contributed by atoms with van der Waals surface area (Å²) in [7, 11) is 0. The van der Waals surface area contributed by atoms with E-state index in [1.165, 1.54) is 6.07 Å². The number of aryl methyl sites for hydroxylation is 1. The second-order valence-corrected chi connectivity index (χ2v) is 5.12. The number of ether oxygens (including phenoxy) is 1. The Kier molecular flexibility index (Phi) is 3.22. The molecule has 0 fully saturated rings. The van der Waals surface area contributed by atoms with Crippen LogP contribution in [0.4, 0.5) is 0 Å². The van der Waals surface area contributed by atoms with Crippen molar-refractivity contribution in [1.29, 1.82) is 0 Å². The van der Waals surface area contributed by atoms with Crippen molar-refractivity contribution in [2.45, 2.75) is 19.4 Å². The molecule has 1 N–H and O–H groups in total. The van der Waals surface area contributed by atoms with Gasteiger partial charge in [0.1, 0.15) is 11.9 Å². The first-order chi connectivity index (χ1) is 10.1. The summed E-state index contributed by atoms with van der Waals surface area (Å²) < 4.78 is 5.94. The van der Waals surface area contributed by atoms with Crippen LogP contribution in [-0.2, 0) is 0 Å². The van der Waals surface area contributed by atoms with E-state index in [0.717, 1.165) is 5.56 Å². The van der Waals surface area contributed by atoms with Crippen LogP contribution in [-0.4, -0.2) is 16.9 Å². The van der Waals surface area contributed by atoms with Gasteiger partial charge in [0.05, 0.1) is 17.5 Å². The quantitative estimate of drug-likeness (QED) is 0.917. The zero-order chi connectivity index (χ0) is 15.0. The van der Waals surface area contributed by atoms with E-state index in [-0.39, 0.29) is 17.8 Å². The summed E-state index contributed by atoms with van der Waals surface area (Å²) in [5.41, 5.74) is 2.40. The van der Waals surface area contributed by atoms with Gasteiger partial charge in [-0.2, -0.15) is 0 Å². The number of benzene rings is 2. The highest BCUT2D eigenvalue weighted by Gasteiger charge is 2.28. The van der Waals surface area contributed by atoms with Gasteiger partial charge in [0, 0.05) is 0 Å². The van der Waals surface area contributed by atoms with Gasteiger partial charge in [-0.3, -0.25) is 4.79 Å². The number of carboxylic acids is 1. The van der Waals surface area contributed by atoms with Crippen molar-refractivity contribution in [3.63, 3.8) is 0 Å². The number of carbonyl (C=O) groups excluding carboxylic acids is 1. The molecular formula is C17H14O4. The molecule has 0 aliphatic carbocycles. The highest BCUT2D eigenvalue weighted by atomic mass is 16.5. The Morgan fingerprint density at radius 2 is 2.00 bits per heavy atom. The monoisotopic (exact) mass is 282 g/mol. The van der Waals surface area contributed by atoms with Gasteiger partial charge in [-0.25, -0.2) is 4.79 Å². The molecule has 2 aromatic rings. The van der Waals surface area contributed by atoms with Crippen LogP contribution in [0.3, 0.4) is 0 Å². The molecule has 0 saturated heterocycles. The molecule has 0 aromatic heterocycles. The van der Waals surface area contributed by atoms with Crippen molar-refractivity contribution in [2.24, 2.45) is 0 Å². The van der Waals surface area contributed by atoms with Crippen LogP contribution < -0.4 is 4.74 Å². The van der Waals surface area contributed by atoms with Crippen LogP contribution in [0.2, 0.25) is 0 Å². The molecule has 106 valence electrons. The first-order valence-electron chi connectivity index (χ1n) is 6.69. The Morgan fingerprint density at radius 1 is 1.24 bits per heavy atom. The number of carbonyl (C=O) groups is 2. The number of fused-ring (bicyclic) bond motifs is 1. The molecule has 0 saturated carbocycles. The van der Waals surface area contributed by atoms with Gasteiger partial charge in [0.2, 0.25) is 0 Å². The number of carboxylic acid groups (broad SMARTS) is 1. The Bertz CT molecular complexity index is 733. The second-order valence-electron chi connectivity index (χ2n) is 5.12. The van der Waals surface area contributed by atoms with Crippen molar-refractivity contribution >= 4 is 11.8 Å². The Balaban J connectivity index is 1.99. The average molecular weight is 282 g/mol. The summed E-state index contributed by atoms with van der Waals surface area (Å²) in [5, 5.41) is 9.05. The van der Waals surface area contributed by atoms with Gasteiger partial charge in [0.25, 0.3) is 0 Å². The lowest BCUT2D eigenvalue weighted by molar-refractivity contribution is 0.0696. The van der Waals surface area contributed by atoms with Gasteiger partial charge in [-0.05, 0) is 36.2 Å². The fourth-order valence-electron chi connectivity index (χ4n) is 2.55. The van der Waals surface area contributed by atoms with E-state index in [1.807, 2.05) is 19.1 Å². The van der Waals surface area contributed by atoms with E-state index in [2.05, 4.69) is 0 Å². The summed E-state index contributed by atoms with van der Waals surface area (Å²) in [6, 6.07) is 12.0. The minimum absolute atomic E-state index is 0.0191. The maximum absolute atomic E-state index is 12.2. The molecule has 4 heteroatoms. The molecular weight excluding hydrogens is 268 g/mol. The topological polar surface area (TPSA) is 63.6 Å². The van der Waals surface area contributed by atoms with Gasteiger partial charge in [-0.1, -0.05) is 24.3 Å². The van der Waals surface area contributed by atoms with Crippen molar-refractivity contribution in [2.75, 3.05) is 0 Å². The van der Waals surface area contributed by atoms with E-state index in [4.69, 9.17) is 9.84 Å². The highest BCUT2D eigenvalue weighted by molar-refractivity contribution is 6.00. The molecule has 2 aromatic carbocycles. The normalized spacial score (nSPS) is 17.0. The summed E-state index contributed by atoms with van der Waals surface area (Å²) in [6.07, 6.45) is -0.218. The first kappa shape index (κ1) is 13.4. The molecule has 3 rings (SSSR count). The van der Waals surface area contributed by atoms with Crippen molar-refractivity contribution in [3.05, 3.63) is 64.7 Å². The predicted octanol–water partition coefficient (Wildman–Crippen LogP) is 3.40. The minimum atomic E-state index is -0.990. The molecule has 0 bridgehead atoms. The first-order valence-corrected chi connectivity index (χ1v) is 6.69. The number of rotatable bonds is 2. The summed E-state index contributed by atoms with van der Waals surface area (Å²) >= 11 is 0. The van der Waals surface area contributed by atoms with E-state index < -0.39 is 12.1 Å². The van der Waals surface area contributed by atoms with Crippen molar-refractivity contribution in [3.8, 4) is 5.75 Å². The second kappa shape index (κ2) is 5.05. The minimum Gasteiger partial charge on any atom is -0.484 e. The molecule has 21 heavy (non-hydrogen) atoms. The van der Waals surface area contributed by atoms with Gasteiger partial charge in [-0.15, -0.1) is 0 Å². The smallest absolute Gasteiger partial charge is 0.335 e. The number of hydrogen-bond acceptors (Lipinski definition) is 3. The molecule has 1 aliphatic rings. The predicted molar refractivity (Wildman–Crippen MR) is 76.9 cm³/mol. The zero-order valence-corrected chi connectivity index (χ0v) is 11.5. The third kappa shape index (κ3) is 2.40. The van der Waals surface area contributed by atoms with Crippen LogP contribution in [0.1, 0.15) is 44.4 Å². The van der Waals surface area contributed by atoms with Gasteiger partial charge < -0.3 is 9.84 Å². The van der Waals surface area contributed by atoms with Crippen LogP contribution in [0, 0.1) is 6.92 Å². The van der Waals surface area contributed by atoms with Crippen LogP contribution in [0.5, 0.6) is 5.75 Å². The Hall–Kier alpha value is -2.62. The van der Waals surface area contributed by atoms with Crippen LogP contribution in [0.25, 0.3) is 0 Å². The third-order valence-corrected chi connectivity index (χ3v) is 3.65. The molecule has 4 nitrogen and oxygen atoms in total. The van der Waals surface area contributed by atoms with Crippen LogP contribution >= 0.6 is 0 Å². The van der Waals surface area contributed by atoms with Crippen molar-refractivity contribution in [1.82, 2.24) is 0 Å². The molecule has 1 aliphatic heterocycles. The molecule has 1 atom stereocenters. The van der Waals surface area contributed by atoms with E-state index in [0.29, 0.717) is 16.9 Å². The van der Waals surface area contributed by atoms with Gasteiger partial charge in [0.15, 0.2) is 5.78 Å². The number of Topliss-reactive ketones (excluding diaryl/α,β-unsaturated/α-hetero) is 1. The summed E-state index contributed by atoms with van der Waals surface area (Å²) in [5.74, 6) is -0.374. The number of hydrogen-bond donors (Lipinski definition) is 1. The fourth-order valence-corrected chi connectivity index (χ4v) is 2.55. The largest absolute Gasteiger partial charge is 0.484 e. The van der Waals surface area contributed by atoms with E-state index in [1.54, 1.807) is 24.3 Å². The Labute approximate surface area is 122 Å². The standard InChI is InChI=1S/C17H14O4/c1-10-4-2-7-13-14(18)9-15(21-16(10)13)11-5-3-6-12(8-11)17(19)20/h2-8,15H,9H2,1H3,(H,19,20). The summed E-state index contributed by atoms with van der Waals surface area (Å²) in [6.45, 7) is 1.89. The zero-order valence-electron chi connectivity index (χ0n) is 11.5. The fraction of sp³-hybridized carbons (Fsp3) is 0.176. The highest BCUT2D eigenvalue weighted by Crippen LogP contribution is 2.37. The van der Waals surface area contributed by atoms with E-state index in [9.17, 15) is 9.59 Å². The Morgan fingerprint density at radius 3 is 2.76 bits per heavy atom. The number of ketones is 1. The van der Waals surface area contributed by atoms with Crippen molar-refractivity contribution < 1.29 is 19.4 Å². The van der Waals surface area contributed by atoms with E-state index >= 15 is 0 Å². The average Bonchev–Trinajstić information content (AvgIpc) is 2.48. The van der Waals surface area contributed by atoms with Gasteiger partial charge >= 0.3 is 5.97 Å². The van der Waals surface area contributed by atoms with Crippen LogP contribution in [0.15, 0.2) is 42.5 Å².